The van der Waals surface area contributed by atoms with Crippen molar-refractivity contribution >= 4 is 5.97 Å². The van der Waals surface area contributed by atoms with Crippen LogP contribution in [0, 0.1) is 29.1 Å². The summed E-state index contributed by atoms with van der Waals surface area (Å²) in [5, 5.41) is 9.35. The molecule has 0 radical (unpaired) electrons. The molecular weight excluding hydrogens is 350 g/mol. The molecule has 0 saturated heterocycles. The van der Waals surface area contributed by atoms with Gasteiger partial charge in [0.15, 0.2) is 0 Å². The highest BCUT2D eigenvalue weighted by atomic mass is 16.5. The second-order valence-corrected chi connectivity index (χ2v) is 8.53. The normalized spacial score (nSPS) is 27.5. The summed E-state index contributed by atoms with van der Waals surface area (Å²) in [5.41, 5.74) is 4.87. The van der Waals surface area contributed by atoms with Crippen molar-refractivity contribution in [2.45, 2.75) is 64.4 Å². The number of nitriles is 1. The van der Waals surface area contributed by atoms with Crippen molar-refractivity contribution in [3.8, 4) is 11.8 Å². The van der Waals surface area contributed by atoms with Crippen molar-refractivity contribution in [3.63, 3.8) is 0 Å². The molecule has 2 bridgehead atoms. The van der Waals surface area contributed by atoms with Crippen LogP contribution in [0.1, 0.15) is 75.5 Å². The highest BCUT2D eigenvalue weighted by Crippen LogP contribution is 2.55. The Morgan fingerprint density at radius 3 is 2.79 bits per heavy atom. The minimum absolute atomic E-state index is 0.0340. The molecule has 1 aromatic rings. The van der Waals surface area contributed by atoms with Crippen molar-refractivity contribution in [2.75, 3.05) is 7.11 Å². The molecule has 0 N–H and O–H groups in total. The average molecular weight is 380 g/mol. The number of allylic oxidation sites excluding steroid dienone is 2. The summed E-state index contributed by atoms with van der Waals surface area (Å²) in [4.78, 5) is 11.5. The minimum atomic E-state index is -0.408. The predicted molar refractivity (Wildman–Crippen MR) is 107 cm³/mol. The van der Waals surface area contributed by atoms with Crippen molar-refractivity contribution in [2.24, 2.45) is 17.8 Å². The Kier molecular flexibility index (Phi) is 5.55. The molecule has 1 fully saturated rings. The summed E-state index contributed by atoms with van der Waals surface area (Å²) >= 11 is 0. The molecule has 1 saturated carbocycles. The molecule has 1 aromatic carbocycles. The molecule has 0 spiro atoms. The van der Waals surface area contributed by atoms with Crippen molar-refractivity contribution in [3.05, 3.63) is 40.5 Å². The van der Waals surface area contributed by atoms with Gasteiger partial charge in [-0.05, 0) is 80.4 Å². The van der Waals surface area contributed by atoms with Crippen LogP contribution in [-0.4, -0.2) is 13.1 Å². The number of benzene rings is 1. The zero-order valence-electron chi connectivity index (χ0n) is 16.9. The van der Waals surface area contributed by atoms with Crippen LogP contribution < -0.4 is 4.74 Å². The molecule has 3 aliphatic carbocycles. The number of esters is 1. The first kappa shape index (κ1) is 19.2. The highest BCUT2D eigenvalue weighted by Gasteiger charge is 2.45. The van der Waals surface area contributed by atoms with E-state index in [4.69, 9.17) is 9.47 Å². The van der Waals surface area contributed by atoms with Crippen LogP contribution in [0.4, 0.5) is 0 Å². The van der Waals surface area contributed by atoms with E-state index in [0.29, 0.717) is 29.1 Å². The van der Waals surface area contributed by atoms with E-state index in [2.05, 4.69) is 6.07 Å². The molecule has 3 aliphatic rings. The molecule has 148 valence electrons. The van der Waals surface area contributed by atoms with Gasteiger partial charge >= 0.3 is 5.97 Å². The van der Waals surface area contributed by atoms with Crippen molar-refractivity contribution in [1.29, 1.82) is 5.26 Å². The number of hydrogen-bond donors (Lipinski definition) is 0. The molecule has 4 heteroatoms. The van der Waals surface area contributed by atoms with Crippen LogP contribution in [0.2, 0.25) is 0 Å². The van der Waals surface area contributed by atoms with Gasteiger partial charge in [-0.3, -0.25) is 4.79 Å². The number of methoxy groups -OCH3 is 1. The number of hydrogen-bond acceptors (Lipinski definition) is 4. The summed E-state index contributed by atoms with van der Waals surface area (Å²) in [6, 6.07) is 7.68. The van der Waals surface area contributed by atoms with Crippen molar-refractivity contribution in [1.82, 2.24) is 0 Å². The fraction of sp³-hybridized carbons (Fsp3) is 0.583. The number of fused-ring (bicyclic) bond motifs is 3. The number of nitrogens with zero attached hydrogens (tertiary/aromatic N) is 1. The second-order valence-electron chi connectivity index (χ2n) is 8.53. The standard InChI is InChI=1S/C24H29NO3/c1-15(26)28-22-13-18(10-11-19(22)14-25)24(27-2)23-17-7-5-9-21(23)20-8-4-3-6-16(20)12-17/h10-11,13,17,21,23-24H,3-9,12H2,1-2H3. The van der Waals surface area contributed by atoms with Crippen LogP contribution in [0.15, 0.2) is 29.3 Å². The monoisotopic (exact) mass is 379 g/mol. The lowest BCUT2D eigenvalue weighted by Gasteiger charge is -2.49. The van der Waals surface area contributed by atoms with Gasteiger partial charge in [0, 0.05) is 14.0 Å². The Hall–Kier alpha value is -2.12. The zero-order chi connectivity index (χ0) is 19.7. The van der Waals surface area contributed by atoms with Crippen LogP contribution >= 0.6 is 0 Å². The van der Waals surface area contributed by atoms with Crippen LogP contribution in [0.25, 0.3) is 0 Å². The number of rotatable bonds is 4. The van der Waals surface area contributed by atoms with E-state index in [-0.39, 0.29) is 6.10 Å². The maximum absolute atomic E-state index is 11.5. The van der Waals surface area contributed by atoms with Gasteiger partial charge in [-0.15, -0.1) is 0 Å². The SMILES string of the molecule is COC(c1ccc(C#N)c(OC(C)=O)c1)C1C2CCCC1C1=C(CCCC1)C2. The predicted octanol–water partition coefficient (Wildman–Crippen LogP) is 5.48. The van der Waals surface area contributed by atoms with E-state index in [1.54, 1.807) is 24.3 Å². The van der Waals surface area contributed by atoms with Gasteiger partial charge in [-0.25, -0.2) is 0 Å². The third kappa shape index (κ3) is 3.49. The van der Waals surface area contributed by atoms with Gasteiger partial charge in [-0.2, -0.15) is 5.26 Å². The minimum Gasteiger partial charge on any atom is -0.425 e. The topological polar surface area (TPSA) is 59.3 Å². The maximum Gasteiger partial charge on any atom is 0.308 e. The number of ether oxygens (including phenoxy) is 2. The third-order valence-electron chi connectivity index (χ3n) is 7.00. The van der Waals surface area contributed by atoms with Crippen LogP contribution in [-0.2, 0) is 9.53 Å². The first-order valence-electron chi connectivity index (χ1n) is 10.6. The van der Waals surface area contributed by atoms with E-state index in [1.165, 1.54) is 58.3 Å². The molecule has 4 rings (SSSR count). The maximum atomic E-state index is 11.5. The summed E-state index contributed by atoms with van der Waals surface area (Å²) in [7, 11) is 1.79. The van der Waals surface area contributed by atoms with Gasteiger partial charge in [0.05, 0.1) is 11.7 Å². The largest absolute Gasteiger partial charge is 0.425 e. The first-order chi connectivity index (χ1) is 13.6. The lowest BCUT2D eigenvalue weighted by molar-refractivity contribution is -0.131. The molecule has 4 unspecified atom stereocenters. The van der Waals surface area contributed by atoms with Gasteiger partial charge in [0.25, 0.3) is 0 Å². The second kappa shape index (κ2) is 8.09. The van der Waals surface area contributed by atoms with Crippen LogP contribution in [0.5, 0.6) is 5.75 Å². The molecule has 4 nitrogen and oxygen atoms in total. The molecule has 0 amide bonds. The Bertz CT molecular complexity index is 835. The smallest absolute Gasteiger partial charge is 0.308 e. The fourth-order valence-electron chi connectivity index (χ4n) is 5.97. The van der Waals surface area contributed by atoms with E-state index in [1.807, 2.05) is 12.1 Å². The van der Waals surface area contributed by atoms with E-state index in [9.17, 15) is 10.1 Å². The quantitative estimate of drug-likeness (QED) is 0.395. The average Bonchev–Trinajstić information content (AvgIpc) is 2.68. The lowest BCUT2D eigenvalue weighted by Crippen LogP contribution is -2.39. The molecule has 28 heavy (non-hydrogen) atoms. The van der Waals surface area contributed by atoms with Crippen LogP contribution in [0.3, 0.4) is 0 Å². The summed E-state index contributed by atoms with van der Waals surface area (Å²) in [6.07, 6.45) is 10.2. The molecular formula is C24H29NO3. The molecule has 4 atom stereocenters. The lowest BCUT2D eigenvalue weighted by atomic mass is 9.58. The fourth-order valence-corrected chi connectivity index (χ4v) is 5.97. The van der Waals surface area contributed by atoms with E-state index in [0.717, 1.165) is 5.56 Å². The summed E-state index contributed by atoms with van der Waals surface area (Å²) in [6.45, 7) is 1.37. The third-order valence-corrected chi connectivity index (χ3v) is 7.00. The Morgan fingerprint density at radius 1 is 1.21 bits per heavy atom. The van der Waals surface area contributed by atoms with Crippen molar-refractivity contribution < 1.29 is 14.3 Å². The Morgan fingerprint density at radius 2 is 2.04 bits per heavy atom. The summed E-state index contributed by atoms with van der Waals surface area (Å²) in [5.74, 6) is 1.67. The molecule has 0 aromatic heterocycles. The van der Waals surface area contributed by atoms with Gasteiger partial charge < -0.3 is 9.47 Å². The van der Waals surface area contributed by atoms with Gasteiger partial charge in [-0.1, -0.05) is 23.6 Å². The Balaban J connectivity index is 1.70. The molecule has 0 heterocycles. The van der Waals surface area contributed by atoms with Gasteiger partial charge in [0.2, 0.25) is 0 Å². The molecule has 0 aliphatic heterocycles. The highest BCUT2D eigenvalue weighted by molar-refractivity contribution is 5.70. The van der Waals surface area contributed by atoms with E-state index < -0.39 is 5.97 Å². The Labute approximate surface area is 167 Å². The first-order valence-corrected chi connectivity index (χ1v) is 10.6. The zero-order valence-corrected chi connectivity index (χ0v) is 16.9. The van der Waals surface area contributed by atoms with Gasteiger partial charge in [0.1, 0.15) is 11.8 Å². The number of carbonyl (C=O) groups is 1. The van der Waals surface area contributed by atoms with E-state index >= 15 is 0 Å². The number of carbonyl (C=O) groups excluding carboxylic acids is 1. The summed E-state index contributed by atoms with van der Waals surface area (Å²) < 4.78 is 11.4.